The highest BCUT2D eigenvalue weighted by atomic mass is 16.2. The molecule has 102 valence electrons. The summed E-state index contributed by atoms with van der Waals surface area (Å²) in [5, 5.41) is 6.05. The van der Waals surface area contributed by atoms with Crippen LogP contribution in [0.5, 0.6) is 0 Å². The van der Waals surface area contributed by atoms with Crippen LogP contribution >= 0.6 is 0 Å². The molecule has 2 aliphatic heterocycles. The molecule has 2 atom stereocenters. The van der Waals surface area contributed by atoms with Gasteiger partial charge in [0.1, 0.15) is 0 Å². The molecule has 2 aliphatic rings. The van der Waals surface area contributed by atoms with Crippen molar-refractivity contribution in [2.45, 2.75) is 38.6 Å². The van der Waals surface area contributed by atoms with Gasteiger partial charge in [-0.25, -0.2) is 0 Å². The van der Waals surface area contributed by atoms with E-state index in [9.17, 15) is 9.59 Å². The lowest BCUT2D eigenvalue weighted by atomic mass is 10.0. The lowest BCUT2D eigenvalue weighted by Gasteiger charge is -2.17. The fraction of sp³-hybridized carbons (Fsp3) is 0.846. The normalized spacial score (nSPS) is 27.5. The van der Waals surface area contributed by atoms with Crippen molar-refractivity contribution in [2.24, 2.45) is 5.92 Å². The van der Waals surface area contributed by atoms with Crippen molar-refractivity contribution in [3.8, 4) is 0 Å². The Bertz CT molecular complexity index is 313. The Morgan fingerprint density at radius 2 is 2.06 bits per heavy atom. The second-order valence-corrected chi connectivity index (χ2v) is 5.33. The van der Waals surface area contributed by atoms with Gasteiger partial charge in [0.2, 0.25) is 11.8 Å². The highest BCUT2D eigenvalue weighted by Gasteiger charge is 2.29. The molecule has 2 heterocycles. The maximum Gasteiger partial charge on any atom is 0.237 e. The van der Waals surface area contributed by atoms with Crippen molar-refractivity contribution in [1.82, 2.24) is 15.5 Å². The molecule has 0 spiro atoms. The first-order valence-corrected chi connectivity index (χ1v) is 6.97. The topological polar surface area (TPSA) is 61.4 Å². The molecule has 2 rings (SSSR count). The summed E-state index contributed by atoms with van der Waals surface area (Å²) >= 11 is 0. The Hall–Kier alpha value is -1.10. The average molecular weight is 253 g/mol. The molecule has 2 unspecified atom stereocenters. The highest BCUT2D eigenvalue weighted by Crippen LogP contribution is 2.14. The molecule has 0 aromatic heterocycles. The Morgan fingerprint density at radius 1 is 1.33 bits per heavy atom. The number of hydrogen-bond acceptors (Lipinski definition) is 3. The summed E-state index contributed by atoms with van der Waals surface area (Å²) in [6.07, 6.45) is 3.70. The molecule has 2 N–H and O–H groups in total. The molecule has 0 aromatic rings. The molecule has 18 heavy (non-hydrogen) atoms. The molecule has 0 bridgehead atoms. The van der Waals surface area contributed by atoms with Gasteiger partial charge in [-0.05, 0) is 31.7 Å². The minimum atomic E-state index is -0.0770. The minimum absolute atomic E-state index is 0.0363. The van der Waals surface area contributed by atoms with Crippen molar-refractivity contribution in [1.29, 1.82) is 0 Å². The zero-order chi connectivity index (χ0) is 13.0. The highest BCUT2D eigenvalue weighted by molar-refractivity contribution is 5.83. The van der Waals surface area contributed by atoms with Crippen molar-refractivity contribution < 1.29 is 9.59 Å². The van der Waals surface area contributed by atoms with Gasteiger partial charge in [0.15, 0.2) is 0 Å². The summed E-state index contributed by atoms with van der Waals surface area (Å²) in [5.41, 5.74) is 0. The SMILES string of the molecule is CC1CCNC1C(=O)NCCC(=O)N1CCCC1. The fourth-order valence-corrected chi connectivity index (χ4v) is 2.71. The van der Waals surface area contributed by atoms with Crippen molar-refractivity contribution in [2.75, 3.05) is 26.2 Å². The van der Waals surface area contributed by atoms with Crippen LogP contribution in [0, 0.1) is 5.92 Å². The monoisotopic (exact) mass is 253 g/mol. The number of likely N-dealkylation sites (tertiary alicyclic amines) is 1. The Morgan fingerprint density at radius 3 is 2.67 bits per heavy atom. The van der Waals surface area contributed by atoms with Gasteiger partial charge in [-0.1, -0.05) is 6.92 Å². The number of nitrogens with one attached hydrogen (secondary N) is 2. The standard InChI is InChI=1S/C13H23N3O2/c1-10-4-6-14-12(10)13(18)15-7-5-11(17)16-8-2-3-9-16/h10,12,14H,2-9H2,1H3,(H,15,18). The van der Waals surface area contributed by atoms with Gasteiger partial charge in [0.25, 0.3) is 0 Å². The van der Waals surface area contributed by atoms with Gasteiger partial charge in [0, 0.05) is 26.1 Å². The van der Waals surface area contributed by atoms with Crippen LogP contribution in [-0.2, 0) is 9.59 Å². The largest absolute Gasteiger partial charge is 0.354 e. The maximum atomic E-state index is 11.9. The lowest BCUT2D eigenvalue weighted by molar-refractivity contribution is -0.130. The third kappa shape index (κ3) is 3.22. The molecule has 5 nitrogen and oxygen atoms in total. The Kier molecular flexibility index (Phi) is 4.58. The van der Waals surface area contributed by atoms with Gasteiger partial charge in [-0.2, -0.15) is 0 Å². The molecule has 2 fully saturated rings. The van der Waals surface area contributed by atoms with Crippen LogP contribution in [0.25, 0.3) is 0 Å². The molecular formula is C13H23N3O2. The minimum Gasteiger partial charge on any atom is -0.354 e. The van der Waals surface area contributed by atoms with E-state index >= 15 is 0 Å². The quantitative estimate of drug-likeness (QED) is 0.748. The second kappa shape index (κ2) is 6.18. The number of carbonyl (C=O) groups is 2. The Balaban J connectivity index is 1.65. The van der Waals surface area contributed by atoms with E-state index in [0.717, 1.165) is 38.9 Å². The zero-order valence-corrected chi connectivity index (χ0v) is 11.1. The third-order valence-corrected chi connectivity index (χ3v) is 3.91. The lowest BCUT2D eigenvalue weighted by Crippen LogP contribution is -2.44. The summed E-state index contributed by atoms with van der Waals surface area (Å²) in [6.45, 7) is 5.21. The van der Waals surface area contributed by atoms with Gasteiger partial charge in [0.05, 0.1) is 6.04 Å². The van der Waals surface area contributed by atoms with E-state index in [4.69, 9.17) is 0 Å². The number of carbonyl (C=O) groups excluding carboxylic acids is 2. The predicted molar refractivity (Wildman–Crippen MR) is 69.0 cm³/mol. The fourth-order valence-electron chi connectivity index (χ4n) is 2.71. The third-order valence-electron chi connectivity index (χ3n) is 3.91. The van der Waals surface area contributed by atoms with Gasteiger partial charge in [-0.15, -0.1) is 0 Å². The number of hydrogen-bond donors (Lipinski definition) is 2. The van der Waals surface area contributed by atoms with E-state index in [-0.39, 0.29) is 17.9 Å². The van der Waals surface area contributed by atoms with E-state index in [1.165, 1.54) is 0 Å². The summed E-state index contributed by atoms with van der Waals surface area (Å²) < 4.78 is 0. The Labute approximate surface area is 108 Å². The first-order chi connectivity index (χ1) is 8.68. The molecule has 0 aromatic carbocycles. The molecule has 2 amide bonds. The van der Waals surface area contributed by atoms with Crippen molar-refractivity contribution >= 4 is 11.8 Å². The molecule has 2 saturated heterocycles. The summed E-state index contributed by atoms with van der Waals surface area (Å²) in [6, 6.07) is -0.0770. The van der Waals surface area contributed by atoms with E-state index < -0.39 is 0 Å². The first kappa shape index (κ1) is 13.3. The van der Waals surface area contributed by atoms with Gasteiger partial charge < -0.3 is 15.5 Å². The summed E-state index contributed by atoms with van der Waals surface area (Å²) in [5.74, 6) is 0.591. The van der Waals surface area contributed by atoms with E-state index in [1.54, 1.807) is 0 Å². The number of nitrogens with zero attached hydrogens (tertiary/aromatic N) is 1. The van der Waals surface area contributed by atoms with Crippen LogP contribution in [0.3, 0.4) is 0 Å². The molecule has 0 aliphatic carbocycles. The van der Waals surface area contributed by atoms with Crippen LogP contribution in [0.4, 0.5) is 0 Å². The molecule has 0 radical (unpaired) electrons. The first-order valence-electron chi connectivity index (χ1n) is 6.97. The molecule has 5 heteroatoms. The van der Waals surface area contributed by atoms with Gasteiger partial charge >= 0.3 is 0 Å². The van der Waals surface area contributed by atoms with Crippen molar-refractivity contribution in [3.63, 3.8) is 0 Å². The smallest absolute Gasteiger partial charge is 0.237 e. The zero-order valence-electron chi connectivity index (χ0n) is 11.1. The van der Waals surface area contributed by atoms with Crippen LogP contribution in [0.2, 0.25) is 0 Å². The maximum absolute atomic E-state index is 11.9. The van der Waals surface area contributed by atoms with Crippen LogP contribution in [0.1, 0.15) is 32.6 Å². The van der Waals surface area contributed by atoms with E-state index in [0.29, 0.717) is 18.9 Å². The number of rotatable bonds is 4. The predicted octanol–water partition coefficient (Wildman–Crippen LogP) is 0.113. The van der Waals surface area contributed by atoms with Gasteiger partial charge in [-0.3, -0.25) is 9.59 Å². The van der Waals surface area contributed by atoms with Crippen LogP contribution in [0.15, 0.2) is 0 Å². The molecule has 0 saturated carbocycles. The van der Waals surface area contributed by atoms with Crippen LogP contribution < -0.4 is 10.6 Å². The van der Waals surface area contributed by atoms with Crippen LogP contribution in [-0.4, -0.2) is 48.9 Å². The van der Waals surface area contributed by atoms with E-state index in [1.807, 2.05) is 4.90 Å². The second-order valence-electron chi connectivity index (χ2n) is 5.33. The van der Waals surface area contributed by atoms with Crippen molar-refractivity contribution in [3.05, 3.63) is 0 Å². The summed E-state index contributed by atoms with van der Waals surface area (Å²) in [4.78, 5) is 25.5. The van der Waals surface area contributed by atoms with E-state index in [2.05, 4.69) is 17.6 Å². The summed E-state index contributed by atoms with van der Waals surface area (Å²) in [7, 11) is 0. The average Bonchev–Trinajstić information content (AvgIpc) is 2.99. The number of amides is 2. The molecular weight excluding hydrogens is 230 g/mol.